The van der Waals surface area contributed by atoms with Gasteiger partial charge in [0.15, 0.2) is 23.6 Å². The van der Waals surface area contributed by atoms with Gasteiger partial charge >= 0.3 is 6.18 Å². The number of benzene rings is 1. The van der Waals surface area contributed by atoms with Gasteiger partial charge in [0, 0.05) is 13.6 Å². The van der Waals surface area contributed by atoms with Crippen LogP contribution >= 0.6 is 11.6 Å². The predicted octanol–water partition coefficient (Wildman–Crippen LogP) is 4.79. The van der Waals surface area contributed by atoms with Gasteiger partial charge in [0.25, 0.3) is 5.91 Å². The molecule has 0 aliphatic carbocycles. The van der Waals surface area contributed by atoms with Crippen molar-refractivity contribution in [1.82, 2.24) is 9.88 Å². The summed E-state index contributed by atoms with van der Waals surface area (Å²) < 4.78 is 86.6. The summed E-state index contributed by atoms with van der Waals surface area (Å²) in [7, 11) is 1.08. The van der Waals surface area contributed by atoms with Crippen molar-refractivity contribution < 1.29 is 40.7 Å². The van der Waals surface area contributed by atoms with E-state index in [-0.39, 0.29) is 18.0 Å². The minimum atomic E-state index is -4.89. The van der Waals surface area contributed by atoms with Crippen LogP contribution in [0, 0.1) is 11.6 Å². The molecule has 8 nitrogen and oxygen atoms in total. The largest absolute Gasteiger partial charge is 0.464 e. The molecule has 0 spiro atoms. The Morgan fingerprint density at radius 2 is 1.97 bits per heavy atom. The van der Waals surface area contributed by atoms with Gasteiger partial charge in [0.1, 0.15) is 18.1 Å². The number of hydrogen-bond acceptors (Lipinski definition) is 6. The quantitative estimate of drug-likeness (QED) is 0.163. The Hall–Kier alpha value is -3.55. The van der Waals surface area contributed by atoms with E-state index in [1.165, 1.54) is 19.1 Å². The van der Waals surface area contributed by atoms with Gasteiger partial charge in [-0.3, -0.25) is 14.5 Å². The Kier molecular flexibility index (Phi) is 9.50. The van der Waals surface area contributed by atoms with E-state index in [4.69, 9.17) is 16.3 Å². The number of hydrogen-bond donors (Lipinski definition) is 1. The number of para-hydroxylation sites is 1. The molecule has 36 heavy (non-hydrogen) atoms. The summed E-state index contributed by atoms with van der Waals surface area (Å²) >= 11 is 5.85. The minimum Gasteiger partial charge on any atom is -0.464 e. The molecule has 2 aromatic rings. The second-order valence-corrected chi connectivity index (χ2v) is 7.47. The molecule has 0 fully saturated rings. The molecule has 1 aromatic carbocycles. The highest BCUT2D eigenvalue weighted by Crippen LogP contribution is 2.31. The molecule has 0 radical (unpaired) electrons. The molecule has 0 aliphatic heterocycles. The van der Waals surface area contributed by atoms with Crippen molar-refractivity contribution in [2.24, 2.45) is 5.10 Å². The number of amidine groups is 1. The second kappa shape index (κ2) is 11.9. The number of rotatable bonds is 9. The molecule has 1 N–H and O–H groups in total. The molecular formula is C21H20ClF6N5O3. The van der Waals surface area contributed by atoms with Crippen molar-refractivity contribution in [3.8, 4) is 5.88 Å². The minimum absolute atomic E-state index is 0.0190. The highest BCUT2D eigenvalue weighted by atomic mass is 35.5. The van der Waals surface area contributed by atoms with Gasteiger partial charge < -0.3 is 10.1 Å². The number of nitrogens with zero attached hydrogens (tertiary/aromatic N) is 4. The lowest BCUT2D eigenvalue weighted by Gasteiger charge is -2.22. The maximum Gasteiger partial charge on any atom is 0.425 e. The highest BCUT2D eigenvalue weighted by Gasteiger charge is 2.39. The Bertz CT molecular complexity index is 1130. The number of halogens is 7. The molecule has 0 saturated carbocycles. The van der Waals surface area contributed by atoms with E-state index in [9.17, 15) is 35.9 Å². The zero-order chi connectivity index (χ0) is 27.2. The van der Waals surface area contributed by atoms with E-state index in [1.807, 2.05) is 5.32 Å². The van der Waals surface area contributed by atoms with Gasteiger partial charge in [-0.25, -0.2) is 18.2 Å². The van der Waals surface area contributed by atoms with E-state index in [0.29, 0.717) is 18.0 Å². The van der Waals surface area contributed by atoms with Crippen LogP contribution < -0.4 is 15.1 Å². The third kappa shape index (κ3) is 6.77. The lowest BCUT2D eigenvalue weighted by molar-refractivity contribution is -0.190. The van der Waals surface area contributed by atoms with E-state index in [0.717, 1.165) is 18.0 Å². The molecule has 2 rings (SSSR count). The smallest absolute Gasteiger partial charge is 0.425 e. The van der Waals surface area contributed by atoms with Gasteiger partial charge in [0.05, 0.1) is 10.7 Å². The van der Waals surface area contributed by atoms with Crippen LogP contribution in [0.3, 0.4) is 0 Å². The summed E-state index contributed by atoms with van der Waals surface area (Å²) in [4.78, 5) is 28.3. The first-order valence-corrected chi connectivity index (χ1v) is 10.5. The normalized spacial score (nSPS) is 12.7. The Balaban J connectivity index is 2.58. The zero-order valence-electron chi connectivity index (χ0n) is 19.0. The molecule has 2 amide bonds. The van der Waals surface area contributed by atoms with E-state index >= 15 is 0 Å². The van der Waals surface area contributed by atoms with Crippen LogP contribution in [0.1, 0.15) is 24.2 Å². The summed E-state index contributed by atoms with van der Waals surface area (Å²) in [5.74, 6) is -5.70. The summed E-state index contributed by atoms with van der Waals surface area (Å²) in [5, 5.41) is 6.19. The topological polar surface area (TPSA) is 87.1 Å². The van der Waals surface area contributed by atoms with Crippen molar-refractivity contribution in [2.45, 2.75) is 26.1 Å². The first-order chi connectivity index (χ1) is 16.8. The fourth-order valence-corrected chi connectivity index (χ4v) is 2.88. The number of carbonyl (C=O) groups excluding carboxylic acids is 2. The average molecular weight is 540 g/mol. The number of anilines is 2. The van der Waals surface area contributed by atoms with Crippen LogP contribution in [0.5, 0.6) is 5.88 Å². The molecule has 1 heterocycles. The number of amides is 2. The second-order valence-electron chi connectivity index (χ2n) is 7.06. The SMILES string of the molecule is CCN(C=O)/C(CF)=N\N(C)c1nc(O[C@@H](C)C(F)(F)F)c(C(=O)Nc2c(F)cccc2Cl)cc1F. The molecule has 1 aromatic heterocycles. The van der Waals surface area contributed by atoms with E-state index in [2.05, 4.69) is 10.1 Å². The maximum atomic E-state index is 14.9. The monoisotopic (exact) mass is 539 g/mol. The molecule has 1 atom stereocenters. The lowest BCUT2D eigenvalue weighted by atomic mass is 10.2. The van der Waals surface area contributed by atoms with Gasteiger partial charge in [-0.2, -0.15) is 23.3 Å². The predicted molar refractivity (Wildman–Crippen MR) is 120 cm³/mol. The van der Waals surface area contributed by atoms with Gasteiger partial charge in [0.2, 0.25) is 12.3 Å². The number of ether oxygens (including phenoxy) is 1. The Labute approximate surface area is 206 Å². The van der Waals surface area contributed by atoms with Crippen LogP contribution in [0.2, 0.25) is 5.02 Å². The summed E-state index contributed by atoms with van der Waals surface area (Å²) in [6.45, 7) is 0.909. The van der Waals surface area contributed by atoms with Crippen LogP contribution in [-0.4, -0.2) is 60.6 Å². The van der Waals surface area contributed by atoms with Crippen LogP contribution in [0.25, 0.3) is 0 Å². The van der Waals surface area contributed by atoms with Crippen molar-refractivity contribution in [1.29, 1.82) is 0 Å². The Morgan fingerprint density at radius 1 is 1.31 bits per heavy atom. The molecule has 0 aliphatic rings. The fraction of sp³-hybridized carbons (Fsp3) is 0.333. The number of nitrogens with one attached hydrogen (secondary N) is 1. The maximum absolute atomic E-state index is 14.9. The molecule has 196 valence electrons. The van der Waals surface area contributed by atoms with Gasteiger partial charge in [-0.1, -0.05) is 17.7 Å². The molecule has 0 bridgehead atoms. The average Bonchev–Trinajstić information content (AvgIpc) is 2.81. The van der Waals surface area contributed by atoms with E-state index < -0.39 is 65.3 Å². The number of alkyl halides is 4. The van der Waals surface area contributed by atoms with Crippen LogP contribution in [0.4, 0.5) is 37.8 Å². The van der Waals surface area contributed by atoms with Gasteiger partial charge in [-0.05, 0) is 32.0 Å². The first-order valence-electron chi connectivity index (χ1n) is 10.1. The lowest BCUT2D eigenvalue weighted by Crippen LogP contribution is -2.34. The van der Waals surface area contributed by atoms with Gasteiger partial charge in [-0.15, -0.1) is 0 Å². The van der Waals surface area contributed by atoms with Crippen molar-refractivity contribution in [3.63, 3.8) is 0 Å². The van der Waals surface area contributed by atoms with Crippen molar-refractivity contribution >= 4 is 41.3 Å². The van der Waals surface area contributed by atoms with E-state index in [1.54, 1.807) is 0 Å². The number of pyridine rings is 1. The summed E-state index contributed by atoms with van der Waals surface area (Å²) in [6, 6.07) is 3.93. The molecule has 0 unspecified atom stereocenters. The highest BCUT2D eigenvalue weighted by molar-refractivity contribution is 6.34. The molecular weight excluding hydrogens is 520 g/mol. The molecule has 15 heteroatoms. The van der Waals surface area contributed by atoms with Crippen LogP contribution in [-0.2, 0) is 4.79 Å². The third-order valence-corrected chi connectivity index (χ3v) is 4.92. The Morgan fingerprint density at radius 3 is 2.50 bits per heavy atom. The summed E-state index contributed by atoms with van der Waals surface area (Å²) in [6.07, 6.45) is -7.11. The number of carbonyl (C=O) groups is 2. The van der Waals surface area contributed by atoms with Crippen molar-refractivity contribution in [3.05, 3.63) is 46.5 Å². The summed E-state index contributed by atoms with van der Waals surface area (Å²) in [5.41, 5.74) is -1.33. The standard InChI is InChI=1S/C21H20ClF6N5O3/c1-4-33(10-34)16(9-23)31-32(3)18-15(25)8-12(20(30-18)36-11(2)21(26,27)28)19(35)29-17-13(22)6-5-7-14(17)24/h5-8,10-11H,4,9H2,1-3H3,(H,29,35)/b31-16-/t11-/m0/s1. The first kappa shape index (κ1) is 28.7. The number of aromatic nitrogens is 1. The van der Waals surface area contributed by atoms with Crippen molar-refractivity contribution in [2.75, 3.05) is 30.6 Å². The number of hydrazone groups is 1. The molecule has 0 saturated heterocycles. The van der Waals surface area contributed by atoms with Crippen LogP contribution in [0.15, 0.2) is 29.4 Å². The zero-order valence-corrected chi connectivity index (χ0v) is 19.8. The fourth-order valence-electron chi connectivity index (χ4n) is 2.67. The third-order valence-electron chi connectivity index (χ3n) is 4.61.